The number of hydrogen-bond donors (Lipinski definition) is 3. The molecule has 1 fully saturated rings. The van der Waals surface area contributed by atoms with E-state index in [1.807, 2.05) is 25.1 Å². The first-order chi connectivity index (χ1) is 13.0. The van der Waals surface area contributed by atoms with Gasteiger partial charge in [-0.05, 0) is 25.3 Å². The molecule has 0 aliphatic carbocycles. The van der Waals surface area contributed by atoms with Gasteiger partial charge in [-0.1, -0.05) is 42.1 Å². The van der Waals surface area contributed by atoms with Crippen LogP contribution in [0.25, 0.3) is 0 Å². The minimum absolute atomic E-state index is 0.314. The molecule has 2 aliphatic heterocycles. The summed E-state index contributed by atoms with van der Waals surface area (Å²) in [5.74, 6) is -0.314. The molecule has 0 saturated carbocycles. The van der Waals surface area contributed by atoms with Gasteiger partial charge < -0.3 is 25.2 Å². The summed E-state index contributed by atoms with van der Waals surface area (Å²) in [5, 5.41) is 24.6. The van der Waals surface area contributed by atoms with E-state index >= 15 is 0 Å². The number of benzene rings is 1. The monoisotopic (exact) mass is 393 g/mol. The van der Waals surface area contributed by atoms with Crippen molar-refractivity contribution >= 4 is 22.8 Å². The first-order valence-corrected chi connectivity index (χ1v) is 10.2. The van der Waals surface area contributed by atoms with E-state index in [1.165, 1.54) is 17.3 Å². The number of ether oxygens (including phenoxy) is 1. The number of likely N-dealkylation sites (N-methyl/N-ethyl adjacent to an activating group) is 1. The number of thioether (sulfide) groups is 1. The number of fused-ring (bicyclic) bond motifs is 1. The third-order valence-corrected chi connectivity index (χ3v) is 5.91. The molecule has 8 heteroatoms. The van der Waals surface area contributed by atoms with Crippen LogP contribution in [0.15, 0.2) is 35.3 Å². The topological polar surface area (TPSA) is 94.4 Å². The molecule has 2 aliphatic rings. The smallest absolute Gasteiger partial charge is 0.254 e. The van der Waals surface area contributed by atoms with E-state index < -0.39 is 29.8 Å². The predicted octanol–water partition coefficient (Wildman–Crippen LogP) is 0.605. The van der Waals surface area contributed by atoms with Crippen LogP contribution in [0.1, 0.15) is 18.9 Å². The Balaban J connectivity index is 1.55. The van der Waals surface area contributed by atoms with Crippen molar-refractivity contribution < 1.29 is 19.7 Å². The van der Waals surface area contributed by atoms with Crippen LogP contribution >= 0.6 is 11.8 Å². The summed E-state index contributed by atoms with van der Waals surface area (Å²) in [6.07, 6.45) is -1.81. The Morgan fingerprint density at radius 3 is 2.74 bits per heavy atom. The van der Waals surface area contributed by atoms with Crippen LogP contribution in [0.2, 0.25) is 0 Å². The second-order valence-corrected chi connectivity index (χ2v) is 7.92. The first-order valence-electron chi connectivity index (χ1n) is 9.30. The largest absolute Gasteiger partial charge is 0.388 e. The molecule has 0 spiro atoms. The van der Waals surface area contributed by atoms with Crippen LogP contribution in [-0.4, -0.2) is 76.1 Å². The minimum Gasteiger partial charge on any atom is -0.388 e. The van der Waals surface area contributed by atoms with E-state index in [0.29, 0.717) is 18.3 Å². The summed E-state index contributed by atoms with van der Waals surface area (Å²) in [6, 6.07) is 9.53. The third-order valence-electron chi connectivity index (χ3n) is 4.81. The van der Waals surface area contributed by atoms with Gasteiger partial charge in [0.1, 0.15) is 23.7 Å². The molecule has 0 unspecified atom stereocenters. The molecule has 2 heterocycles. The van der Waals surface area contributed by atoms with Gasteiger partial charge in [-0.15, -0.1) is 0 Å². The number of amides is 1. The number of nitrogens with one attached hydrogen (secondary N) is 1. The molecule has 1 amide bonds. The van der Waals surface area contributed by atoms with Crippen molar-refractivity contribution in [1.82, 2.24) is 10.2 Å². The molecule has 3 rings (SSSR count). The molecule has 0 radical (unpaired) electrons. The summed E-state index contributed by atoms with van der Waals surface area (Å²) in [4.78, 5) is 18.7. The second kappa shape index (κ2) is 9.05. The summed E-state index contributed by atoms with van der Waals surface area (Å²) in [5.41, 5.74) is 0.755. The van der Waals surface area contributed by atoms with Crippen LogP contribution in [0.5, 0.6) is 0 Å². The molecule has 5 atom stereocenters. The molecule has 1 saturated heterocycles. The van der Waals surface area contributed by atoms with Gasteiger partial charge in [0.25, 0.3) is 5.91 Å². The van der Waals surface area contributed by atoms with Crippen molar-refractivity contribution in [2.45, 2.75) is 49.6 Å². The van der Waals surface area contributed by atoms with E-state index in [0.717, 1.165) is 12.8 Å². The fraction of sp³-hybridized carbons (Fsp3) is 0.579. The Bertz CT molecular complexity index is 672. The Morgan fingerprint density at radius 2 is 2.04 bits per heavy atom. The van der Waals surface area contributed by atoms with Crippen LogP contribution in [0.3, 0.4) is 0 Å². The molecule has 27 heavy (non-hydrogen) atoms. The van der Waals surface area contributed by atoms with Crippen molar-refractivity contribution in [3.8, 4) is 0 Å². The molecule has 7 nitrogen and oxygen atoms in total. The molecule has 148 valence electrons. The highest BCUT2D eigenvalue weighted by molar-refractivity contribution is 8.14. The fourth-order valence-corrected chi connectivity index (χ4v) is 4.46. The van der Waals surface area contributed by atoms with Crippen LogP contribution in [0, 0.1) is 0 Å². The van der Waals surface area contributed by atoms with E-state index in [-0.39, 0.29) is 5.91 Å². The average Bonchev–Trinajstić information content (AvgIpc) is 3.08. The Labute approximate surface area is 163 Å². The summed E-state index contributed by atoms with van der Waals surface area (Å²) < 4.78 is 5.82. The van der Waals surface area contributed by atoms with Crippen molar-refractivity contribution in [3.63, 3.8) is 0 Å². The van der Waals surface area contributed by atoms with E-state index in [1.54, 1.807) is 11.9 Å². The van der Waals surface area contributed by atoms with Crippen LogP contribution in [-0.2, 0) is 16.0 Å². The van der Waals surface area contributed by atoms with Crippen LogP contribution in [0.4, 0.5) is 0 Å². The molecule has 1 aromatic rings. The van der Waals surface area contributed by atoms with E-state index in [2.05, 4.69) is 22.4 Å². The highest BCUT2D eigenvalue weighted by atomic mass is 32.2. The number of aliphatic hydroxyl groups is 2. The van der Waals surface area contributed by atoms with Gasteiger partial charge in [-0.2, -0.15) is 0 Å². The number of carbonyl (C=O) groups is 1. The lowest BCUT2D eigenvalue weighted by molar-refractivity contribution is -0.178. The number of amidine groups is 1. The average molecular weight is 394 g/mol. The maximum absolute atomic E-state index is 12.8. The van der Waals surface area contributed by atoms with Gasteiger partial charge in [0.05, 0.1) is 0 Å². The van der Waals surface area contributed by atoms with Crippen molar-refractivity contribution in [1.29, 1.82) is 0 Å². The zero-order chi connectivity index (χ0) is 19.4. The lowest BCUT2D eigenvalue weighted by Gasteiger charge is -2.38. The van der Waals surface area contributed by atoms with E-state index in [9.17, 15) is 15.0 Å². The number of carbonyl (C=O) groups excluding carboxylic acids is 1. The zero-order valence-corrected chi connectivity index (χ0v) is 16.4. The van der Waals surface area contributed by atoms with Crippen LogP contribution < -0.4 is 5.32 Å². The molecular weight excluding hydrogens is 366 g/mol. The zero-order valence-electron chi connectivity index (χ0n) is 15.6. The fourth-order valence-electron chi connectivity index (χ4n) is 3.29. The molecular formula is C19H27N3O4S. The second-order valence-electron chi connectivity index (χ2n) is 6.83. The minimum atomic E-state index is -1.29. The number of rotatable bonds is 6. The van der Waals surface area contributed by atoms with Gasteiger partial charge in [-0.3, -0.25) is 9.79 Å². The molecule has 0 aromatic heterocycles. The highest BCUT2D eigenvalue weighted by Gasteiger charge is 2.50. The third kappa shape index (κ3) is 4.63. The van der Waals surface area contributed by atoms with Gasteiger partial charge in [0, 0.05) is 20.1 Å². The first kappa shape index (κ1) is 20.1. The number of nitrogens with zero attached hydrogens (tertiary/aromatic N) is 2. The van der Waals surface area contributed by atoms with Crippen molar-refractivity contribution in [2.24, 2.45) is 4.99 Å². The summed E-state index contributed by atoms with van der Waals surface area (Å²) in [6.45, 7) is 3.21. The van der Waals surface area contributed by atoms with Gasteiger partial charge in [0.15, 0.2) is 11.3 Å². The lowest BCUT2D eigenvalue weighted by atomic mass is 9.97. The summed E-state index contributed by atoms with van der Waals surface area (Å²) >= 11 is 1.35. The number of aliphatic hydroxyl groups excluding tert-OH is 2. The van der Waals surface area contributed by atoms with Gasteiger partial charge >= 0.3 is 0 Å². The van der Waals surface area contributed by atoms with Crippen molar-refractivity contribution in [2.75, 3.05) is 20.1 Å². The van der Waals surface area contributed by atoms with Crippen molar-refractivity contribution in [3.05, 3.63) is 35.9 Å². The maximum atomic E-state index is 12.8. The summed E-state index contributed by atoms with van der Waals surface area (Å²) in [7, 11) is 1.70. The standard InChI is InChI=1S/C19H27N3O4S/c1-3-20-19-21-13-14(23)15(24)16(26-18(13)27-19)17(25)22(2)11-7-10-12-8-5-4-6-9-12/h4-6,8-9,13-16,18,23-24H,3,7,10-11H2,1-2H3,(H,20,21)/t13-,14-,15+,16+,18-/m1/s1. The molecule has 1 aromatic carbocycles. The van der Waals surface area contributed by atoms with Gasteiger partial charge in [-0.25, -0.2) is 0 Å². The molecule has 0 bridgehead atoms. The Kier molecular flexibility index (Phi) is 6.75. The SMILES string of the molecule is CCNC1=N[C@@H]2[C@@H](O)[C@H](O)[C@@H](C(=O)N(C)CCCc3ccccc3)O[C@@H]2S1. The molecule has 3 N–H and O–H groups in total. The maximum Gasteiger partial charge on any atom is 0.254 e. The predicted molar refractivity (Wildman–Crippen MR) is 106 cm³/mol. The quantitative estimate of drug-likeness (QED) is 0.656. The van der Waals surface area contributed by atoms with E-state index in [4.69, 9.17) is 4.74 Å². The Hall–Kier alpha value is -1.61. The lowest BCUT2D eigenvalue weighted by Crippen LogP contribution is -2.59. The number of aryl methyl sites for hydroxylation is 1. The Morgan fingerprint density at radius 1 is 1.30 bits per heavy atom. The highest BCUT2D eigenvalue weighted by Crippen LogP contribution is 2.36. The number of hydrogen-bond acceptors (Lipinski definition) is 7. The van der Waals surface area contributed by atoms with Gasteiger partial charge in [0.2, 0.25) is 0 Å². The normalized spacial score (nSPS) is 29.8. The number of aliphatic imine (C=N–C) groups is 1.